The number of nitrogens with zero attached hydrogens (tertiary/aromatic N) is 1. The van der Waals surface area contributed by atoms with E-state index in [9.17, 15) is 13.2 Å². The lowest BCUT2D eigenvalue weighted by Crippen LogP contribution is -2.31. The molecule has 4 rings (SSSR count). The molecule has 1 unspecified atom stereocenters. The van der Waals surface area contributed by atoms with Gasteiger partial charge < -0.3 is 4.90 Å². The van der Waals surface area contributed by atoms with Crippen LogP contribution in [-0.4, -0.2) is 32.3 Å². The van der Waals surface area contributed by atoms with Crippen LogP contribution in [0.1, 0.15) is 29.5 Å². The number of amides is 1. The molecule has 1 fully saturated rings. The Hall–Kier alpha value is -2.18. The number of rotatable bonds is 6. The normalized spacial score (nSPS) is 19.5. The average Bonchev–Trinajstić information content (AvgIpc) is 3.27. The minimum absolute atomic E-state index is 0.00501. The zero-order chi connectivity index (χ0) is 18.9. The molecule has 1 amide bonds. The lowest BCUT2D eigenvalue weighted by molar-refractivity contribution is -0.128. The number of hydrogen-bond acceptors (Lipinski definition) is 3. The summed E-state index contributed by atoms with van der Waals surface area (Å²) in [6.45, 7) is 1.45. The Morgan fingerprint density at radius 2 is 1.81 bits per heavy atom. The third kappa shape index (κ3) is 4.06. The summed E-state index contributed by atoms with van der Waals surface area (Å²) in [5.41, 5.74) is 3.49. The molecule has 1 heterocycles. The second-order valence-corrected chi connectivity index (χ2v) is 9.23. The van der Waals surface area contributed by atoms with Crippen LogP contribution in [0.5, 0.6) is 0 Å². The van der Waals surface area contributed by atoms with Crippen LogP contribution in [0.3, 0.4) is 0 Å². The van der Waals surface area contributed by atoms with E-state index in [0.717, 1.165) is 30.4 Å². The van der Waals surface area contributed by atoms with Crippen molar-refractivity contribution >= 4 is 15.9 Å². The maximum Gasteiger partial charge on any atom is 0.240 e. The first-order valence-corrected chi connectivity index (χ1v) is 10.9. The van der Waals surface area contributed by atoms with E-state index in [1.54, 1.807) is 12.1 Å². The Morgan fingerprint density at radius 3 is 2.63 bits per heavy atom. The number of benzene rings is 2. The Morgan fingerprint density at radius 1 is 1.04 bits per heavy atom. The Balaban J connectivity index is 1.36. The number of aryl methyl sites for hydroxylation is 2. The third-order valence-corrected chi connectivity index (χ3v) is 6.87. The molecule has 6 heteroatoms. The number of likely N-dealkylation sites (tertiary alicyclic amines) is 1. The number of nitrogens with one attached hydrogen (secondary N) is 1. The van der Waals surface area contributed by atoms with Gasteiger partial charge in [-0.3, -0.25) is 4.79 Å². The number of carbonyl (C=O) groups is 1. The summed E-state index contributed by atoms with van der Waals surface area (Å²) >= 11 is 0. The molecule has 2 aliphatic rings. The summed E-state index contributed by atoms with van der Waals surface area (Å²) in [4.78, 5) is 14.4. The highest BCUT2D eigenvalue weighted by Gasteiger charge is 2.30. The monoisotopic (exact) mass is 384 g/mol. The van der Waals surface area contributed by atoms with Gasteiger partial charge in [0, 0.05) is 26.1 Å². The maximum absolute atomic E-state index is 12.6. The molecule has 0 radical (unpaired) electrons. The van der Waals surface area contributed by atoms with Crippen molar-refractivity contribution in [3.63, 3.8) is 0 Å². The fraction of sp³-hybridized carbons (Fsp3) is 0.381. The lowest BCUT2D eigenvalue weighted by atomic mass is 10.1. The average molecular weight is 385 g/mol. The molecule has 2 aromatic carbocycles. The number of carbonyl (C=O) groups excluding carboxylic acids is 1. The first kappa shape index (κ1) is 18.2. The van der Waals surface area contributed by atoms with Crippen LogP contribution in [0.25, 0.3) is 0 Å². The van der Waals surface area contributed by atoms with Gasteiger partial charge in [0.05, 0.1) is 4.90 Å². The molecule has 5 nitrogen and oxygen atoms in total. The van der Waals surface area contributed by atoms with Crippen LogP contribution < -0.4 is 4.72 Å². The highest BCUT2D eigenvalue weighted by molar-refractivity contribution is 7.89. The molecule has 1 N–H and O–H groups in total. The van der Waals surface area contributed by atoms with E-state index < -0.39 is 10.0 Å². The molecule has 1 aliphatic carbocycles. The van der Waals surface area contributed by atoms with Crippen molar-refractivity contribution in [1.82, 2.24) is 9.62 Å². The first-order chi connectivity index (χ1) is 13.0. The maximum atomic E-state index is 12.6. The topological polar surface area (TPSA) is 66.5 Å². The second kappa shape index (κ2) is 7.44. The van der Waals surface area contributed by atoms with Gasteiger partial charge in [0.2, 0.25) is 15.9 Å². The predicted octanol–water partition coefficient (Wildman–Crippen LogP) is 2.50. The molecule has 1 atom stereocenters. The minimum Gasteiger partial charge on any atom is -0.338 e. The molecule has 0 aromatic heterocycles. The van der Waals surface area contributed by atoms with Gasteiger partial charge >= 0.3 is 0 Å². The quantitative estimate of drug-likeness (QED) is 0.832. The van der Waals surface area contributed by atoms with E-state index in [0.29, 0.717) is 24.4 Å². The molecule has 142 valence electrons. The Kier molecular flexibility index (Phi) is 5.02. The van der Waals surface area contributed by atoms with Crippen molar-refractivity contribution in [2.75, 3.05) is 13.1 Å². The predicted molar refractivity (Wildman–Crippen MR) is 104 cm³/mol. The zero-order valence-corrected chi connectivity index (χ0v) is 16.0. The fourth-order valence-electron chi connectivity index (χ4n) is 3.97. The van der Waals surface area contributed by atoms with Crippen molar-refractivity contribution in [1.29, 1.82) is 0 Å². The van der Waals surface area contributed by atoms with Crippen LogP contribution in [0, 0.1) is 5.92 Å². The summed E-state index contributed by atoms with van der Waals surface area (Å²) < 4.78 is 28.0. The number of fused-ring (bicyclic) bond motifs is 1. The van der Waals surface area contributed by atoms with Crippen LogP contribution in [0.2, 0.25) is 0 Å². The fourth-order valence-corrected chi connectivity index (χ4v) is 5.14. The summed E-state index contributed by atoms with van der Waals surface area (Å²) in [6, 6.07) is 15.3. The molecule has 27 heavy (non-hydrogen) atoms. The summed E-state index contributed by atoms with van der Waals surface area (Å²) in [6.07, 6.45) is 3.46. The van der Waals surface area contributed by atoms with Crippen LogP contribution >= 0.6 is 0 Å². The van der Waals surface area contributed by atoms with Gasteiger partial charge in [0.1, 0.15) is 0 Å². The van der Waals surface area contributed by atoms with Gasteiger partial charge in [0.25, 0.3) is 0 Å². The highest BCUT2D eigenvalue weighted by Crippen LogP contribution is 2.25. The van der Waals surface area contributed by atoms with Gasteiger partial charge in [-0.1, -0.05) is 36.4 Å². The summed E-state index contributed by atoms with van der Waals surface area (Å²) in [5, 5.41) is 0. The molecule has 1 aliphatic heterocycles. The van der Waals surface area contributed by atoms with E-state index in [1.807, 2.05) is 41.3 Å². The van der Waals surface area contributed by atoms with Crippen molar-refractivity contribution in [2.45, 2.75) is 37.1 Å². The number of hydrogen-bond donors (Lipinski definition) is 1. The SMILES string of the molecule is O=C1CC(CNS(=O)(=O)c2ccc3c(c2)CCC3)CN1Cc1ccccc1. The van der Waals surface area contributed by atoms with Crippen molar-refractivity contribution in [2.24, 2.45) is 5.92 Å². The van der Waals surface area contributed by atoms with E-state index in [1.165, 1.54) is 5.56 Å². The van der Waals surface area contributed by atoms with Gasteiger partial charge in [-0.15, -0.1) is 0 Å². The zero-order valence-electron chi connectivity index (χ0n) is 15.2. The molecule has 0 saturated carbocycles. The second-order valence-electron chi connectivity index (χ2n) is 7.47. The summed E-state index contributed by atoms with van der Waals surface area (Å²) in [7, 11) is -3.54. The van der Waals surface area contributed by atoms with E-state index in [4.69, 9.17) is 0 Å². The summed E-state index contributed by atoms with van der Waals surface area (Å²) in [5.74, 6) is 0.0889. The van der Waals surface area contributed by atoms with Crippen LogP contribution in [-0.2, 0) is 34.2 Å². The lowest BCUT2D eigenvalue weighted by Gasteiger charge is -2.17. The molecule has 0 bridgehead atoms. The molecule has 1 saturated heterocycles. The van der Waals surface area contributed by atoms with Crippen molar-refractivity contribution < 1.29 is 13.2 Å². The first-order valence-electron chi connectivity index (χ1n) is 9.44. The molecular formula is C21H24N2O3S. The van der Waals surface area contributed by atoms with Gasteiger partial charge in [-0.05, 0) is 54.0 Å². The van der Waals surface area contributed by atoms with Gasteiger partial charge in [-0.25, -0.2) is 13.1 Å². The van der Waals surface area contributed by atoms with E-state index in [2.05, 4.69) is 4.72 Å². The van der Waals surface area contributed by atoms with E-state index in [-0.39, 0.29) is 18.4 Å². The smallest absolute Gasteiger partial charge is 0.240 e. The van der Waals surface area contributed by atoms with E-state index >= 15 is 0 Å². The number of sulfonamides is 1. The molecule has 2 aromatic rings. The van der Waals surface area contributed by atoms with Gasteiger partial charge in [0.15, 0.2) is 0 Å². The van der Waals surface area contributed by atoms with Crippen molar-refractivity contribution in [3.8, 4) is 0 Å². The minimum atomic E-state index is -3.54. The molecular weight excluding hydrogens is 360 g/mol. The highest BCUT2D eigenvalue weighted by atomic mass is 32.2. The van der Waals surface area contributed by atoms with Crippen LogP contribution in [0.15, 0.2) is 53.4 Å². The third-order valence-electron chi connectivity index (χ3n) is 5.45. The Bertz CT molecular complexity index is 941. The molecule has 0 spiro atoms. The Labute approximate surface area is 160 Å². The standard InChI is InChI=1S/C21H24N2O3S/c24-21-11-17(15-23(21)14-16-5-2-1-3-6-16)13-22-27(25,26)20-10-9-18-7-4-8-19(18)12-20/h1-3,5-6,9-10,12,17,22H,4,7-8,11,13-15H2. The van der Waals surface area contributed by atoms with Crippen LogP contribution in [0.4, 0.5) is 0 Å². The largest absolute Gasteiger partial charge is 0.338 e. The van der Waals surface area contributed by atoms with Gasteiger partial charge in [-0.2, -0.15) is 0 Å². The van der Waals surface area contributed by atoms with Crippen molar-refractivity contribution in [3.05, 3.63) is 65.2 Å².